The number of carbonyl (C=O) groups is 2. The first-order valence-electron chi connectivity index (χ1n) is 3.88. The SMILES string of the molecule is COC(=O)[C@@H](N)CSC[C@H](N)C(=O)O. The highest BCUT2D eigenvalue weighted by molar-refractivity contribution is 7.99. The molecule has 0 amide bonds. The number of rotatable bonds is 6. The maximum absolute atomic E-state index is 10.8. The summed E-state index contributed by atoms with van der Waals surface area (Å²) in [6.45, 7) is 0. The monoisotopic (exact) mass is 222 g/mol. The third kappa shape index (κ3) is 5.05. The molecule has 0 aromatic rings. The molecule has 0 bridgehead atoms. The van der Waals surface area contributed by atoms with Crippen LogP contribution in [0.2, 0.25) is 0 Å². The average Bonchev–Trinajstić information content (AvgIpc) is 2.15. The number of aliphatic carboxylic acids is 1. The second kappa shape index (κ2) is 6.63. The minimum Gasteiger partial charge on any atom is -0.480 e. The van der Waals surface area contributed by atoms with Crippen LogP contribution in [0.1, 0.15) is 0 Å². The van der Waals surface area contributed by atoms with Crippen molar-refractivity contribution in [3.05, 3.63) is 0 Å². The standard InChI is InChI=1S/C7H14N2O4S/c1-13-7(12)5(9)3-14-2-4(8)6(10)11/h4-5H,2-3,8-9H2,1H3,(H,10,11)/t4-,5-/m0/s1. The maximum Gasteiger partial charge on any atom is 0.323 e. The number of hydrogen-bond acceptors (Lipinski definition) is 6. The molecule has 0 rings (SSSR count). The second-order valence-electron chi connectivity index (χ2n) is 2.61. The van der Waals surface area contributed by atoms with Crippen LogP contribution < -0.4 is 11.5 Å². The summed E-state index contributed by atoms with van der Waals surface area (Å²) in [5, 5.41) is 8.44. The van der Waals surface area contributed by atoms with Gasteiger partial charge in [-0.25, -0.2) is 0 Å². The molecule has 0 aliphatic heterocycles. The van der Waals surface area contributed by atoms with Crippen molar-refractivity contribution in [1.29, 1.82) is 0 Å². The number of carbonyl (C=O) groups excluding carboxylic acids is 1. The van der Waals surface area contributed by atoms with Crippen molar-refractivity contribution < 1.29 is 19.4 Å². The van der Waals surface area contributed by atoms with E-state index in [-0.39, 0.29) is 5.75 Å². The fourth-order valence-corrected chi connectivity index (χ4v) is 1.54. The Kier molecular flexibility index (Phi) is 6.26. The molecular weight excluding hydrogens is 208 g/mol. The van der Waals surface area contributed by atoms with E-state index in [2.05, 4.69) is 4.74 Å². The maximum atomic E-state index is 10.8. The molecular formula is C7H14N2O4S. The highest BCUT2D eigenvalue weighted by Crippen LogP contribution is 2.04. The number of esters is 1. The van der Waals surface area contributed by atoms with Gasteiger partial charge >= 0.3 is 11.9 Å². The van der Waals surface area contributed by atoms with Crippen LogP contribution in [0, 0.1) is 0 Å². The Morgan fingerprint density at radius 3 is 2.29 bits per heavy atom. The van der Waals surface area contributed by atoms with E-state index in [9.17, 15) is 9.59 Å². The van der Waals surface area contributed by atoms with Crippen molar-refractivity contribution in [1.82, 2.24) is 0 Å². The van der Waals surface area contributed by atoms with Crippen molar-refractivity contribution in [2.75, 3.05) is 18.6 Å². The van der Waals surface area contributed by atoms with Gasteiger partial charge in [-0.15, -0.1) is 0 Å². The highest BCUT2D eigenvalue weighted by Gasteiger charge is 2.16. The van der Waals surface area contributed by atoms with Gasteiger partial charge in [0.25, 0.3) is 0 Å². The lowest BCUT2D eigenvalue weighted by molar-refractivity contribution is -0.141. The van der Waals surface area contributed by atoms with E-state index in [1.54, 1.807) is 0 Å². The number of methoxy groups -OCH3 is 1. The molecule has 0 spiro atoms. The summed E-state index contributed by atoms with van der Waals surface area (Å²) in [5.74, 6) is -1.06. The molecule has 0 radical (unpaired) electrons. The summed E-state index contributed by atoms with van der Waals surface area (Å²) >= 11 is 1.21. The summed E-state index contributed by atoms with van der Waals surface area (Å²) in [4.78, 5) is 21.1. The third-order valence-corrected chi connectivity index (χ3v) is 2.61. The lowest BCUT2D eigenvalue weighted by Crippen LogP contribution is -2.36. The Hall–Kier alpha value is -0.790. The van der Waals surface area contributed by atoms with Gasteiger partial charge in [-0.05, 0) is 0 Å². The Morgan fingerprint density at radius 1 is 1.36 bits per heavy atom. The summed E-state index contributed by atoms with van der Waals surface area (Å²) < 4.78 is 4.39. The molecule has 0 aromatic heterocycles. The minimum absolute atomic E-state index is 0.222. The molecule has 14 heavy (non-hydrogen) atoms. The third-order valence-electron chi connectivity index (χ3n) is 1.42. The first kappa shape index (κ1) is 13.2. The number of ether oxygens (including phenoxy) is 1. The number of hydrogen-bond donors (Lipinski definition) is 3. The fraction of sp³-hybridized carbons (Fsp3) is 0.714. The van der Waals surface area contributed by atoms with Gasteiger partial charge in [0, 0.05) is 11.5 Å². The Balaban J connectivity index is 3.64. The number of nitrogens with two attached hydrogens (primary N) is 2. The Morgan fingerprint density at radius 2 is 1.86 bits per heavy atom. The van der Waals surface area contributed by atoms with Gasteiger partial charge in [0.05, 0.1) is 7.11 Å². The zero-order valence-electron chi connectivity index (χ0n) is 7.80. The molecule has 0 aliphatic rings. The summed E-state index contributed by atoms with van der Waals surface area (Å²) in [6, 6.07) is -1.66. The molecule has 0 fully saturated rings. The second-order valence-corrected chi connectivity index (χ2v) is 3.69. The van der Waals surface area contributed by atoms with Crippen LogP contribution in [0.5, 0.6) is 0 Å². The predicted octanol–water partition coefficient (Wildman–Crippen LogP) is -1.37. The van der Waals surface area contributed by atoms with Crippen molar-refractivity contribution in [2.24, 2.45) is 11.5 Å². The van der Waals surface area contributed by atoms with E-state index >= 15 is 0 Å². The van der Waals surface area contributed by atoms with Gasteiger partial charge in [0.1, 0.15) is 12.1 Å². The van der Waals surface area contributed by atoms with Gasteiger partial charge in [-0.2, -0.15) is 11.8 Å². The molecule has 7 heteroatoms. The summed E-state index contributed by atoms with van der Waals surface area (Å²) in [6.07, 6.45) is 0. The predicted molar refractivity (Wildman–Crippen MR) is 52.9 cm³/mol. The van der Waals surface area contributed by atoms with Crippen LogP contribution in [-0.2, 0) is 14.3 Å². The lowest BCUT2D eigenvalue weighted by atomic mass is 10.4. The molecule has 0 aromatic carbocycles. The van der Waals surface area contributed by atoms with Crippen molar-refractivity contribution >= 4 is 23.7 Å². The molecule has 2 atom stereocenters. The van der Waals surface area contributed by atoms with E-state index in [4.69, 9.17) is 16.6 Å². The molecule has 0 heterocycles. The van der Waals surface area contributed by atoms with E-state index in [0.29, 0.717) is 5.75 Å². The average molecular weight is 222 g/mol. The summed E-state index contributed by atoms with van der Waals surface area (Å²) in [5.41, 5.74) is 10.6. The summed E-state index contributed by atoms with van der Waals surface area (Å²) in [7, 11) is 1.25. The van der Waals surface area contributed by atoms with Crippen LogP contribution in [0.4, 0.5) is 0 Å². The normalized spacial score (nSPS) is 14.5. The number of carboxylic acid groups (broad SMARTS) is 1. The zero-order valence-corrected chi connectivity index (χ0v) is 8.62. The van der Waals surface area contributed by atoms with E-state index in [1.807, 2.05) is 0 Å². The van der Waals surface area contributed by atoms with E-state index in [0.717, 1.165) is 0 Å². The minimum atomic E-state index is -1.07. The molecule has 6 nitrogen and oxygen atoms in total. The molecule has 82 valence electrons. The fourth-order valence-electron chi connectivity index (χ4n) is 0.613. The van der Waals surface area contributed by atoms with Gasteiger partial charge in [0.15, 0.2) is 0 Å². The molecule has 0 saturated heterocycles. The van der Waals surface area contributed by atoms with Crippen LogP contribution in [0.25, 0.3) is 0 Å². The van der Waals surface area contributed by atoms with Gasteiger partial charge in [-0.1, -0.05) is 0 Å². The van der Waals surface area contributed by atoms with Crippen molar-refractivity contribution in [3.8, 4) is 0 Å². The highest BCUT2D eigenvalue weighted by atomic mass is 32.2. The van der Waals surface area contributed by atoms with Crippen molar-refractivity contribution in [2.45, 2.75) is 12.1 Å². The molecule has 0 aliphatic carbocycles. The zero-order chi connectivity index (χ0) is 11.1. The Labute approximate surface area is 86.0 Å². The first-order valence-corrected chi connectivity index (χ1v) is 5.04. The number of carboxylic acids is 1. The van der Waals surface area contributed by atoms with E-state index in [1.165, 1.54) is 18.9 Å². The topological polar surface area (TPSA) is 116 Å². The lowest BCUT2D eigenvalue weighted by Gasteiger charge is -2.09. The Bertz CT molecular complexity index is 212. The first-order chi connectivity index (χ1) is 6.49. The van der Waals surface area contributed by atoms with Gasteiger partial charge < -0.3 is 21.3 Å². The van der Waals surface area contributed by atoms with Crippen LogP contribution in [0.15, 0.2) is 0 Å². The van der Waals surface area contributed by atoms with Crippen LogP contribution in [0.3, 0.4) is 0 Å². The molecule has 0 unspecified atom stereocenters. The number of thioether (sulfide) groups is 1. The van der Waals surface area contributed by atoms with Crippen LogP contribution in [-0.4, -0.2) is 47.7 Å². The van der Waals surface area contributed by atoms with Crippen molar-refractivity contribution in [3.63, 3.8) is 0 Å². The van der Waals surface area contributed by atoms with E-state index < -0.39 is 24.0 Å². The van der Waals surface area contributed by atoms with Crippen LogP contribution >= 0.6 is 11.8 Å². The largest absolute Gasteiger partial charge is 0.480 e. The molecule has 0 saturated carbocycles. The van der Waals surface area contributed by atoms with Gasteiger partial charge in [0.2, 0.25) is 0 Å². The van der Waals surface area contributed by atoms with Gasteiger partial charge in [-0.3, -0.25) is 9.59 Å². The smallest absolute Gasteiger partial charge is 0.323 e. The quantitative estimate of drug-likeness (QED) is 0.475. The molecule has 5 N–H and O–H groups in total.